The normalized spacial score (nSPS) is 22.4. The number of fused-ring (bicyclic) bond motifs is 5. The molecular weight excluding hydrogens is 1080 g/mol. The minimum Gasteiger partial charge on any atom is -0.497 e. The molecule has 13 nitrogen and oxygen atoms in total. The summed E-state index contributed by atoms with van der Waals surface area (Å²) >= 11 is 0. The number of carboxylic acids is 2. The van der Waals surface area contributed by atoms with E-state index < -0.39 is 18.0 Å². The number of carboxylic acid groups (broad SMARTS) is 2. The Hall–Kier alpha value is -6.44. The number of carbonyl (C=O) groups excluding carboxylic acids is 2. The molecule has 5 aromatic carbocycles. The first kappa shape index (κ1) is 65.5. The Kier molecular flexibility index (Phi) is 24.0. The lowest BCUT2D eigenvalue weighted by Crippen LogP contribution is -2.29. The number of aliphatic hydroxyl groups excluding tert-OH is 2. The molecule has 0 spiro atoms. The van der Waals surface area contributed by atoms with Crippen molar-refractivity contribution in [2.45, 2.75) is 200 Å². The minimum absolute atomic E-state index is 0.138. The second-order valence-electron chi connectivity index (χ2n) is 25.8. The summed E-state index contributed by atoms with van der Waals surface area (Å²) in [4.78, 5) is 48.8. The van der Waals surface area contributed by atoms with Gasteiger partial charge in [-0.3, -0.25) is 9.59 Å². The van der Waals surface area contributed by atoms with E-state index in [2.05, 4.69) is 70.2 Å². The smallest absolute Gasteiger partial charge is 0.341 e. The monoisotopic (exact) mass is 1180 g/mol. The van der Waals surface area contributed by atoms with Gasteiger partial charge in [-0.1, -0.05) is 126 Å². The third-order valence-corrected chi connectivity index (χ3v) is 19.3. The first-order chi connectivity index (χ1) is 41.4. The van der Waals surface area contributed by atoms with Crippen LogP contribution in [0.3, 0.4) is 0 Å². The van der Waals surface area contributed by atoms with Crippen LogP contribution >= 0.6 is 0 Å². The first-order valence-corrected chi connectivity index (χ1v) is 32.3. The van der Waals surface area contributed by atoms with Gasteiger partial charge in [0.25, 0.3) is 0 Å². The lowest BCUT2D eigenvalue weighted by atomic mass is 9.73. The summed E-state index contributed by atoms with van der Waals surface area (Å²) in [5.74, 6) is 1.30. The third kappa shape index (κ3) is 17.4. The molecule has 13 heteroatoms. The molecular formula is C73H96O13. The Morgan fingerprint density at radius 3 is 1.48 bits per heavy atom. The van der Waals surface area contributed by atoms with Crippen molar-refractivity contribution < 1.29 is 63.3 Å². The molecule has 4 N–H and O–H groups in total. The van der Waals surface area contributed by atoms with E-state index in [1.54, 1.807) is 7.11 Å². The number of carbonyl (C=O) groups is 4. The molecule has 466 valence electrons. The maximum absolute atomic E-state index is 13.4. The predicted molar refractivity (Wildman–Crippen MR) is 335 cm³/mol. The second kappa shape index (κ2) is 31.5. The van der Waals surface area contributed by atoms with Gasteiger partial charge in [0.1, 0.15) is 29.5 Å². The van der Waals surface area contributed by atoms with E-state index in [-0.39, 0.29) is 67.1 Å². The fraction of sp³-hybridized carbons (Fsp3) is 0.562. The van der Waals surface area contributed by atoms with Crippen molar-refractivity contribution in [2.75, 3.05) is 20.3 Å². The number of methoxy groups -OCH3 is 1. The van der Waals surface area contributed by atoms with Crippen LogP contribution in [-0.2, 0) is 60.8 Å². The van der Waals surface area contributed by atoms with Gasteiger partial charge in [0.15, 0.2) is 13.2 Å². The van der Waals surface area contributed by atoms with Crippen LogP contribution in [0.5, 0.6) is 17.2 Å². The molecule has 0 bridgehead atoms. The summed E-state index contributed by atoms with van der Waals surface area (Å²) in [6.45, 7) is 11.9. The fourth-order valence-corrected chi connectivity index (χ4v) is 14.5. The highest BCUT2D eigenvalue weighted by Gasteiger charge is 2.47. The van der Waals surface area contributed by atoms with Gasteiger partial charge >= 0.3 is 23.9 Å². The zero-order valence-corrected chi connectivity index (χ0v) is 52.1. The highest BCUT2D eigenvalue weighted by atomic mass is 16.5. The Balaban J connectivity index is 0.000000224. The number of hydrogen-bond donors (Lipinski definition) is 4. The van der Waals surface area contributed by atoms with Crippen LogP contribution < -0.4 is 14.2 Å². The summed E-state index contributed by atoms with van der Waals surface area (Å²) in [6, 6.07) is 32.1. The van der Waals surface area contributed by atoms with Crippen molar-refractivity contribution in [1.29, 1.82) is 0 Å². The van der Waals surface area contributed by atoms with Gasteiger partial charge in [0.2, 0.25) is 0 Å². The maximum Gasteiger partial charge on any atom is 0.341 e. The van der Waals surface area contributed by atoms with Crippen molar-refractivity contribution >= 4 is 34.6 Å². The summed E-state index contributed by atoms with van der Waals surface area (Å²) in [7, 11) is 1.65. The molecule has 9 rings (SSSR count). The fourth-order valence-electron chi connectivity index (χ4n) is 14.5. The molecule has 4 aliphatic rings. The van der Waals surface area contributed by atoms with Crippen molar-refractivity contribution in [3.8, 4) is 17.2 Å². The van der Waals surface area contributed by atoms with Crippen molar-refractivity contribution in [1.82, 2.24) is 0 Å². The van der Waals surface area contributed by atoms with Gasteiger partial charge in [0, 0.05) is 0 Å². The van der Waals surface area contributed by atoms with Gasteiger partial charge < -0.3 is 44.1 Å². The van der Waals surface area contributed by atoms with Crippen LogP contribution in [0, 0.1) is 41.4 Å². The minimum atomic E-state index is -0.991. The topological polar surface area (TPSA) is 195 Å². The zero-order valence-electron chi connectivity index (χ0n) is 52.1. The standard InChI is InChI=1S/C37H46O7.C36H50O6/c1-4-5-6-9-29(44-37(41)23(2)24-11-12-26-18-30(42-3)14-13-25(26)17-24)15-16-31-32-19-27-8-7-10-35(43-22-36(39)40)33(27)20-28(32)21-34(31)38;1-5-6-7-10-29(42-36(40)24(4)26-14-12-25(13-15-26)18-23(2)3)16-17-30-31-19-27-9-8-11-34(41-22-35(38)39)32(27)20-28(31)21-33(30)37/h7-8,10-14,17-18,23,28-29,31-32,34,38H,4-6,9,15-16,19-22H2,1-3H3,(H,39,40);8-9,11-15,23-24,28-31,33,37H,5-7,10,16-22H2,1-4H3,(H,38,39)/t23-,28-,29-,31+,32-,34+;24?,28-,29-,30+,31-,33+/m00/s1. The van der Waals surface area contributed by atoms with E-state index in [4.69, 9.17) is 33.9 Å². The van der Waals surface area contributed by atoms with Crippen molar-refractivity contribution in [3.05, 3.63) is 136 Å². The molecule has 0 saturated heterocycles. The van der Waals surface area contributed by atoms with Crippen LogP contribution in [0.4, 0.5) is 0 Å². The lowest BCUT2D eigenvalue weighted by Gasteiger charge is -2.33. The van der Waals surface area contributed by atoms with Crippen LogP contribution in [0.2, 0.25) is 0 Å². The van der Waals surface area contributed by atoms with Gasteiger partial charge in [-0.2, -0.15) is 0 Å². The molecule has 0 radical (unpaired) electrons. The van der Waals surface area contributed by atoms with Crippen LogP contribution in [0.25, 0.3) is 10.8 Å². The highest BCUT2D eigenvalue weighted by Crippen LogP contribution is 2.50. The molecule has 2 fully saturated rings. The maximum atomic E-state index is 13.4. The van der Waals surface area contributed by atoms with E-state index in [0.717, 1.165) is 161 Å². The number of hydrogen-bond acceptors (Lipinski definition) is 11. The summed E-state index contributed by atoms with van der Waals surface area (Å²) in [5.41, 5.74) is 7.75. The summed E-state index contributed by atoms with van der Waals surface area (Å²) in [6.07, 6.45) is 15.9. The van der Waals surface area contributed by atoms with Crippen molar-refractivity contribution in [2.24, 2.45) is 41.4 Å². The number of aliphatic hydroxyl groups is 2. The zero-order chi connectivity index (χ0) is 61.4. The molecule has 0 heterocycles. The Bertz CT molecular complexity index is 3020. The average molecular weight is 1180 g/mol. The summed E-state index contributed by atoms with van der Waals surface area (Å²) < 4.78 is 28.9. The third-order valence-electron chi connectivity index (χ3n) is 19.3. The van der Waals surface area contributed by atoms with E-state index in [1.165, 1.54) is 16.7 Å². The van der Waals surface area contributed by atoms with Crippen LogP contribution in [-0.4, -0.2) is 89.0 Å². The van der Waals surface area contributed by atoms with Crippen LogP contribution in [0.15, 0.2) is 97.1 Å². The quantitative estimate of drug-likeness (QED) is 0.0261. The molecule has 1 unspecified atom stereocenters. The van der Waals surface area contributed by atoms with Gasteiger partial charge in [-0.15, -0.1) is 0 Å². The first-order valence-electron chi connectivity index (χ1n) is 32.3. The van der Waals surface area contributed by atoms with Crippen molar-refractivity contribution in [3.63, 3.8) is 0 Å². The largest absolute Gasteiger partial charge is 0.497 e. The Morgan fingerprint density at radius 2 is 1.01 bits per heavy atom. The number of rotatable bonds is 29. The van der Waals surface area contributed by atoms with Gasteiger partial charge in [0.05, 0.1) is 31.2 Å². The van der Waals surface area contributed by atoms with E-state index >= 15 is 0 Å². The molecule has 4 aliphatic carbocycles. The molecule has 5 aromatic rings. The van der Waals surface area contributed by atoms with Crippen LogP contribution in [0.1, 0.15) is 182 Å². The van der Waals surface area contributed by atoms with Gasteiger partial charge in [-0.05, 0) is 226 Å². The molecule has 2 saturated carbocycles. The number of ether oxygens (including phenoxy) is 5. The number of benzene rings is 5. The molecule has 0 aromatic heterocycles. The summed E-state index contributed by atoms with van der Waals surface area (Å²) in [5, 5.41) is 42.6. The SMILES string of the molecule is CCCCC[C@@H](CC[C@@H]1[C@H]2Cc3cccc(OCC(=O)O)c3C[C@H]2C[C@H]1O)OC(=O)C(C)c1ccc(CC(C)C)cc1.CCCCC[C@@H](CC[C@@H]1[C@H]2Cc3cccc(OCC(=O)O)c3C[C@H]2C[C@H]1O)OC(=O)[C@@H](C)c1ccc2cc(OC)ccc2c1. The molecule has 0 amide bonds. The Labute approximate surface area is 510 Å². The molecule has 86 heavy (non-hydrogen) atoms. The highest BCUT2D eigenvalue weighted by molar-refractivity contribution is 5.87. The van der Waals surface area contributed by atoms with Gasteiger partial charge in [-0.25, -0.2) is 9.59 Å². The number of aliphatic carboxylic acids is 2. The number of unbranched alkanes of at least 4 members (excludes halogenated alkanes) is 4. The Morgan fingerprint density at radius 1 is 0.547 bits per heavy atom. The average Bonchev–Trinajstić information content (AvgIpc) is 3.95. The molecule has 12 atom stereocenters. The van der Waals surface area contributed by atoms with E-state index in [0.29, 0.717) is 41.1 Å². The predicted octanol–water partition coefficient (Wildman–Crippen LogP) is 14.2. The second-order valence-corrected chi connectivity index (χ2v) is 25.8. The number of esters is 2. The van der Waals surface area contributed by atoms with E-state index in [9.17, 15) is 29.4 Å². The lowest BCUT2D eigenvalue weighted by molar-refractivity contribution is -0.152. The molecule has 0 aliphatic heterocycles. The van der Waals surface area contributed by atoms with E-state index in [1.807, 2.05) is 68.4 Å².